The summed E-state index contributed by atoms with van der Waals surface area (Å²) in [6.45, 7) is 0. The van der Waals surface area contributed by atoms with Crippen LogP contribution in [0.25, 0.3) is 17.1 Å². The van der Waals surface area contributed by atoms with E-state index in [-0.39, 0.29) is 11.7 Å². The van der Waals surface area contributed by atoms with E-state index in [0.29, 0.717) is 28.2 Å². The predicted octanol–water partition coefficient (Wildman–Crippen LogP) is 4.09. The minimum absolute atomic E-state index is 0.122. The Labute approximate surface area is 201 Å². The Morgan fingerprint density at radius 3 is 2.41 bits per heavy atom. The number of anilines is 1. The number of nitrogens with one attached hydrogen (secondary N) is 1. The van der Waals surface area contributed by atoms with Gasteiger partial charge in [-0.25, -0.2) is 0 Å². The number of thioether (sulfide) groups is 1. The lowest BCUT2D eigenvalue weighted by Gasteiger charge is -2.12. The van der Waals surface area contributed by atoms with E-state index < -0.39 is 0 Å². The van der Waals surface area contributed by atoms with Crippen LogP contribution in [0.15, 0.2) is 72.1 Å². The highest BCUT2D eigenvalue weighted by molar-refractivity contribution is 7.99. The lowest BCUT2D eigenvalue weighted by atomic mass is 10.2. The molecule has 0 bridgehead atoms. The van der Waals surface area contributed by atoms with Crippen molar-refractivity contribution in [2.75, 3.05) is 32.4 Å². The summed E-state index contributed by atoms with van der Waals surface area (Å²) in [5.74, 6) is 2.43. The fourth-order valence-electron chi connectivity index (χ4n) is 3.23. The molecule has 10 heteroatoms. The minimum atomic E-state index is -0.208. The second-order valence-corrected chi connectivity index (χ2v) is 7.93. The molecule has 0 unspecified atom stereocenters. The van der Waals surface area contributed by atoms with Crippen LogP contribution in [0.2, 0.25) is 0 Å². The Morgan fingerprint density at radius 1 is 0.971 bits per heavy atom. The SMILES string of the molecule is COc1ccc(-n2c(SCC(=O)Nc3ccc(OC)cc3OC)nnc2-c2cccnc2)cc1. The number of benzene rings is 2. The summed E-state index contributed by atoms with van der Waals surface area (Å²) in [5, 5.41) is 12.2. The molecule has 0 fully saturated rings. The normalized spacial score (nSPS) is 10.6. The van der Waals surface area contributed by atoms with Gasteiger partial charge in [0.1, 0.15) is 17.2 Å². The largest absolute Gasteiger partial charge is 0.497 e. The van der Waals surface area contributed by atoms with Crippen molar-refractivity contribution in [1.29, 1.82) is 0 Å². The number of pyridine rings is 1. The topological polar surface area (TPSA) is 100 Å². The van der Waals surface area contributed by atoms with E-state index >= 15 is 0 Å². The van der Waals surface area contributed by atoms with Gasteiger partial charge >= 0.3 is 0 Å². The molecule has 0 aliphatic rings. The van der Waals surface area contributed by atoms with Crippen molar-refractivity contribution in [2.24, 2.45) is 0 Å². The molecule has 1 amide bonds. The van der Waals surface area contributed by atoms with Gasteiger partial charge in [0.25, 0.3) is 0 Å². The van der Waals surface area contributed by atoms with Crippen molar-refractivity contribution in [3.8, 4) is 34.3 Å². The first-order valence-electron chi connectivity index (χ1n) is 10.3. The molecule has 9 nitrogen and oxygen atoms in total. The van der Waals surface area contributed by atoms with Gasteiger partial charge in [-0.15, -0.1) is 10.2 Å². The van der Waals surface area contributed by atoms with E-state index in [9.17, 15) is 4.79 Å². The highest BCUT2D eigenvalue weighted by Gasteiger charge is 2.18. The van der Waals surface area contributed by atoms with Crippen LogP contribution in [-0.4, -0.2) is 52.7 Å². The third-order valence-electron chi connectivity index (χ3n) is 4.90. The van der Waals surface area contributed by atoms with E-state index in [4.69, 9.17) is 14.2 Å². The lowest BCUT2D eigenvalue weighted by molar-refractivity contribution is -0.113. The average Bonchev–Trinajstić information content (AvgIpc) is 3.32. The highest BCUT2D eigenvalue weighted by atomic mass is 32.2. The molecule has 2 aromatic carbocycles. The summed E-state index contributed by atoms with van der Waals surface area (Å²) in [4.78, 5) is 16.9. The number of hydrogen-bond donors (Lipinski definition) is 1. The van der Waals surface area contributed by atoms with Crippen molar-refractivity contribution in [2.45, 2.75) is 5.16 Å². The smallest absolute Gasteiger partial charge is 0.234 e. The van der Waals surface area contributed by atoms with Gasteiger partial charge in [0, 0.05) is 29.7 Å². The lowest BCUT2D eigenvalue weighted by Crippen LogP contribution is -2.15. The van der Waals surface area contributed by atoms with E-state index in [1.807, 2.05) is 41.0 Å². The summed E-state index contributed by atoms with van der Waals surface area (Å²) in [7, 11) is 4.73. The molecular weight excluding hydrogens is 454 g/mol. The van der Waals surface area contributed by atoms with E-state index in [1.54, 1.807) is 44.8 Å². The van der Waals surface area contributed by atoms with Crippen molar-refractivity contribution in [1.82, 2.24) is 19.7 Å². The molecule has 0 spiro atoms. The number of methoxy groups -OCH3 is 3. The first kappa shape index (κ1) is 23.1. The maximum absolute atomic E-state index is 12.7. The number of rotatable bonds is 9. The van der Waals surface area contributed by atoms with Crippen molar-refractivity contribution in [3.05, 3.63) is 67.0 Å². The van der Waals surface area contributed by atoms with E-state index in [0.717, 1.165) is 17.0 Å². The van der Waals surface area contributed by atoms with Crippen LogP contribution in [0.1, 0.15) is 0 Å². The highest BCUT2D eigenvalue weighted by Crippen LogP contribution is 2.31. The van der Waals surface area contributed by atoms with Crippen molar-refractivity contribution >= 4 is 23.4 Å². The first-order chi connectivity index (χ1) is 16.6. The van der Waals surface area contributed by atoms with Crippen molar-refractivity contribution in [3.63, 3.8) is 0 Å². The zero-order valence-electron chi connectivity index (χ0n) is 18.9. The number of hydrogen-bond acceptors (Lipinski definition) is 8. The maximum atomic E-state index is 12.7. The van der Waals surface area contributed by atoms with Gasteiger partial charge in [-0.3, -0.25) is 14.3 Å². The van der Waals surface area contributed by atoms with Gasteiger partial charge < -0.3 is 19.5 Å². The van der Waals surface area contributed by atoms with Crippen LogP contribution in [0, 0.1) is 0 Å². The molecule has 34 heavy (non-hydrogen) atoms. The number of ether oxygens (including phenoxy) is 3. The van der Waals surface area contributed by atoms with Gasteiger partial charge in [0.15, 0.2) is 11.0 Å². The molecule has 2 heterocycles. The Morgan fingerprint density at radius 2 is 1.74 bits per heavy atom. The second-order valence-electron chi connectivity index (χ2n) is 6.98. The van der Waals surface area contributed by atoms with Gasteiger partial charge in [0.2, 0.25) is 5.91 Å². The Kier molecular flexibility index (Phi) is 7.28. The zero-order chi connectivity index (χ0) is 23.9. The number of nitrogens with zero attached hydrogens (tertiary/aromatic N) is 4. The summed E-state index contributed by atoms with van der Waals surface area (Å²) in [6, 6.07) is 16.5. The van der Waals surface area contributed by atoms with E-state index in [1.165, 1.54) is 18.9 Å². The predicted molar refractivity (Wildman–Crippen MR) is 130 cm³/mol. The van der Waals surface area contributed by atoms with Crippen LogP contribution >= 0.6 is 11.8 Å². The van der Waals surface area contributed by atoms with Gasteiger partial charge in [-0.05, 0) is 48.5 Å². The van der Waals surface area contributed by atoms with Crippen LogP contribution < -0.4 is 19.5 Å². The minimum Gasteiger partial charge on any atom is -0.497 e. The Bertz CT molecular complexity index is 1260. The van der Waals surface area contributed by atoms with Crippen LogP contribution in [0.5, 0.6) is 17.2 Å². The van der Waals surface area contributed by atoms with Crippen LogP contribution in [-0.2, 0) is 4.79 Å². The molecule has 174 valence electrons. The van der Waals surface area contributed by atoms with Crippen molar-refractivity contribution < 1.29 is 19.0 Å². The molecule has 4 rings (SSSR count). The fourth-order valence-corrected chi connectivity index (χ4v) is 3.98. The molecule has 0 saturated heterocycles. The van der Waals surface area contributed by atoms with Crippen LogP contribution in [0.4, 0.5) is 5.69 Å². The third-order valence-corrected chi connectivity index (χ3v) is 5.83. The summed E-state index contributed by atoms with van der Waals surface area (Å²) >= 11 is 1.28. The Balaban J connectivity index is 1.57. The molecule has 0 saturated carbocycles. The average molecular weight is 478 g/mol. The summed E-state index contributed by atoms with van der Waals surface area (Å²) in [5.41, 5.74) is 2.20. The molecule has 4 aromatic rings. The van der Waals surface area contributed by atoms with E-state index in [2.05, 4.69) is 20.5 Å². The second kappa shape index (κ2) is 10.7. The fraction of sp³-hybridized carbons (Fsp3) is 0.167. The van der Waals surface area contributed by atoms with Crippen LogP contribution in [0.3, 0.4) is 0 Å². The van der Waals surface area contributed by atoms with Gasteiger partial charge in [-0.1, -0.05) is 11.8 Å². The quantitative estimate of drug-likeness (QED) is 0.360. The molecular formula is C24H23N5O4S. The first-order valence-corrected chi connectivity index (χ1v) is 11.3. The molecule has 0 aliphatic heterocycles. The molecule has 2 aromatic heterocycles. The molecule has 0 atom stereocenters. The van der Waals surface area contributed by atoms with Gasteiger partial charge in [-0.2, -0.15) is 0 Å². The summed E-state index contributed by atoms with van der Waals surface area (Å²) < 4.78 is 17.7. The molecule has 0 radical (unpaired) electrons. The number of amides is 1. The maximum Gasteiger partial charge on any atom is 0.234 e. The Hall–Kier alpha value is -4.05. The number of carbonyl (C=O) groups excluding carboxylic acids is 1. The zero-order valence-corrected chi connectivity index (χ0v) is 19.7. The molecule has 0 aliphatic carbocycles. The number of aromatic nitrogens is 4. The third kappa shape index (κ3) is 5.12. The molecule has 1 N–H and O–H groups in total. The number of carbonyl (C=O) groups is 1. The monoisotopic (exact) mass is 477 g/mol. The van der Waals surface area contributed by atoms with Gasteiger partial charge in [0.05, 0.1) is 32.8 Å². The summed E-state index contributed by atoms with van der Waals surface area (Å²) in [6.07, 6.45) is 3.42. The standard InChI is InChI=1S/C24H23N5O4S/c1-31-18-8-6-17(7-9-18)29-23(16-5-4-12-25-14-16)27-28-24(29)34-15-22(30)26-20-11-10-19(32-2)13-21(20)33-3/h4-14H,15H2,1-3H3,(H,26,30).